The number of hydrazone groups is 1. The predicted molar refractivity (Wildman–Crippen MR) is 85.1 cm³/mol. The molecule has 0 atom stereocenters. The number of nitro benzene ring substituents is 1. The summed E-state index contributed by atoms with van der Waals surface area (Å²) in [5, 5.41) is 15.7. The molecule has 0 spiro atoms. The van der Waals surface area contributed by atoms with Crippen molar-refractivity contribution < 1.29 is 4.92 Å². The zero-order valence-corrected chi connectivity index (χ0v) is 12.4. The molecule has 0 saturated heterocycles. The summed E-state index contributed by atoms with van der Waals surface area (Å²) in [6, 6.07) is 12.3. The smallest absolute Gasteiger partial charge is 0.272 e. The van der Waals surface area contributed by atoms with Crippen LogP contribution in [0.15, 0.2) is 47.6 Å². The first kappa shape index (κ1) is 15.0. The Morgan fingerprint density at radius 3 is 2.67 bits per heavy atom. The Kier molecular flexibility index (Phi) is 4.55. The number of halogens is 1. The Bertz CT molecular complexity index is 714. The van der Waals surface area contributed by atoms with E-state index < -0.39 is 4.92 Å². The van der Waals surface area contributed by atoms with Crippen molar-refractivity contribution in [1.82, 2.24) is 0 Å². The molecule has 0 amide bonds. The van der Waals surface area contributed by atoms with Gasteiger partial charge in [0.05, 0.1) is 21.3 Å². The van der Waals surface area contributed by atoms with Crippen LogP contribution in [-0.2, 0) is 0 Å². The van der Waals surface area contributed by atoms with Gasteiger partial charge in [0.25, 0.3) is 5.69 Å². The van der Waals surface area contributed by atoms with Crippen LogP contribution in [0.25, 0.3) is 0 Å². The summed E-state index contributed by atoms with van der Waals surface area (Å²) < 4.78 is 0. The standard InChI is InChI=1S/C15H14ClN3O2/c1-10-7-8-12(9-15(10)19(20)21)11(2)17-18-14-6-4-3-5-13(14)16/h3-9,18H,1-2H3/b17-11-. The topological polar surface area (TPSA) is 67.5 Å². The van der Waals surface area contributed by atoms with Crippen LogP contribution in [-0.4, -0.2) is 10.6 Å². The van der Waals surface area contributed by atoms with E-state index in [2.05, 4.69) is 10.5 Å². The van der Waals surface area contributed by atoms with Crippen molar-refractivity contribution in [1.29, 1.82) is 0 Å². The van der Waals surface area contributed by atoms with Crippen LogP contribution >= 0.6 is 11.6 Å². The molecular formula is C15H14ClN3O2. The normalized spacial score (nSPS) is 11.3. The summed E-state index contributed by atoms with van der Waals surface area (Å²) in [4.78, 5) is 10.6. The maximum Gasteiger partial charge on any atom is 0.272 e. The van der Waals surface area contributed by atoms with Gasteiger partial charge >= 0.3 is 0 Å². The van der Waals surface area contributed by atoms with E-state index in [4.69, 9.17) is 11.6 Å². The zero-order valence-electron chi connectivity index (χ0n) is 11.6. The van der Waals surface area contributed by atoms with E-state index in [1.54, 1.807) is 38.1 Å². The number of para-hydroxylation sites is 1. The third-order valence-corrected chi connectivity index (χ3v) is 3.37. The van der Waals surface area contributed by atoms with Gasteiger partial charge < -0.3 is 0 Å². The molecule has 2 aromatic carbocycles. The average Bonchev–Trinajstić information content (AvgIpc) is 2.46. The number of nitrogens with zero attached hydrogens (tertiary/aromatic N) is 2. The van der Waals surface area contributed by atoms with Crippen LogP contribution in [0, 0.1) is 17.0 Å². The molecule has 2 rings (SSSR count). The van der Waals surface area contributed by atoms with E-state index >= 15 is 0 Å². The van der Waals surface area contributed by atoms with Gasteiger partial charge in [-0.25, -0.2) is 0 Å². The minimum Gasteiger partial charge on any atom is -0.277 e. The first-order valence-electron chi connectivity index (χ1n) is 6.29. The number of rotatable bonds is 4. The van der Waals surface area contributed by atoms with Crippen LogP contribution in [0.4, 0.5) is 11.4 Å². The molecule has 1 N–H and O–H groups in total. The molecule has 21 heavy (non-hydrogen) atoms. The quantitative estimate of drug-likeness (QED) is 0.517. The van der Waals surface area contributed by atoms with Crippen molar-refractivity contribution >= 4 is 28.7 Å². The molecule has 0 saturated carbocycles. The lowest BCUT2D eigenvalue weighted by atomic mass is 10.1. The van der Waals surface area contributed by atoms with Crippen molar-refractivity contribution in [3.05, 3.63) is 68.7 Å². The molecular weight excluding hydrogens is 290 g/mol. The Balaban J connectivity index is 2.26. The third kappa shape index (κ3) is 3.58. The number of nitro groups is 1. The largest absolute Gasteiger partial charge is 0.277 e. The molecule has 0 heterocycles. The average molecular weight is 304 g/mol. The van der Waals surface area contributed by atoms with E-state index in [0.29, 0.717) is 27.5 Å². The maximum atomic E-state index is 11.0. The highest BCUT2D eigenvalue weighted by Crippen LogP contribution is 2.22. The molecule has 108 valence electrons. The molecule has 0 radical (unpaired) electrons. The summed E-state index contributed by atoms with van der Waals surface area (Å²) in [7, 11) is 0. The summed E-state index contributed by atoms with van der Waals surface area (Å²) in [5.41, 5.74) is 5.57. The Morgan fingerprint density at radius 1 is 1.29 bits per heavy atom. The summed E-state index contributed by atoms with van der Waals surface area (Å²) in [6.45, 7) is 3.48. The zero-order chi connectivity index (χ0) is 15.4. The summed E-state index contributed by atoms with van der Waals surface area (Å²) >= 11 is 6.02. The highest BCUT2D eigenvalue weighted by atomic mass is 35.5. The number of benzene rings is 2. The molecule has 0 aromatic heterocycles. The lowest BCUT2D eigenvalue weighted by Crippen LogP contribution is -2.02. The van der Waals surface area contributed by atoms with Crippen LogP contribution in [0.5, 0.6) is 0 Å². The fraction of sp³-hybridized carbons (Fsp3) is 0.133. The van der Waals surface area contributed by atoms with E-state index in [-0.39, 0.29) is 5.69 Å². The molecule has 0 aliphatic rings. The van der Waals surface area contributed by atoms with E-state index in [9.17, 15) is 10.1 Å². The van der Waals surface area contributed by atoms with E-state index in [1.807, 2.05) is 12.1 Å². The van der Waals surface area contributed by atoms with Gasteiger partial charge in [0.15, 0.2) is 0 Å². The summed E-state index contributed by atoms with van der Waals surface area (Å²) in [6.07, 6.45) is 0. The molecule has 0 aliphatic heterocycles. The highest BCUT2D eigenvalue weighted by Gasteiger charge is 2.12. The molecule has 6 heteroatoms. The van der Waals surface area contributed by atoms with Gasteiger partial charge in [-0.15, -0.1) is 0 Å². The predicted octanol–water partition coefficient (Wildman–Crippen LogP) is 4.39. The monoisotopic (exact) mass is 303 g/mol. The van der Waals surface area contributed by atoms with E-state index in [1.165, 1.54) is 6.07 Å². The molecule has 2 aromatic rings. The molecule has 0 fully saturated rings. The van der Waals surface area contributed by atoms with Crippen molar-refractivity contribution in [2.45, 2.75) is 13.8 Å². The van der Waals surface area contributed by atoms with Crippen molar-refractivity contribution in [2.75, 3.05) is 5.43 Å². The van der Waals surface area contributed by atoms with E-state index in [0.717, 1.165) is 0 Å². The first-order chi connectivity index (χ1) is 9.99. The second-order valence-corrected chi connectivity index (χ2v) is 4.95. The third-order valence-electron chi connectivity index (χ3n) is 3.04. The number of hydrogen-bond donors (Lipinski definition) is 1. The van der Waals surface area contributed by atoms with Gasteiger partial charge in [-0.1, -0.05) is 35.9 Å². The molecule has 0 unspecified atom stereocenters. The van der Waals surface area contributed by atoms with Crippen LogP contribution in [0.2, 0.25) is 5.02 Å². The second kappa shape index (κ2) is 6.37. The minimum atomic E-state index is -0.395. The van der Waals surface area contributed by atoms with Gasteiger partial charge in [0.1, 0.15) is 0 Å². The van der Waals surface area contributed by atoms with Crippen molar-refractivity contribution in [3.63, 3.8) is 0 Å². The van der Waals surface area contributed by atoms with Gasteiger partial charge in [-0.05, 0) is 26.0 Å². The highest BCUT2D eigenvalue weighted by molar-refractivity contribution is 6.33. The molecule has 0 aliphatic carbocycles. The molecule has 5 nitrogen and oxygen atoms in total. The van der Waals surface area contributed by atoms with Gasteiger partial charge in [0.2, 0.25) is 0 Å². The first-order valence-corrected chi connectivity index (χ1v) is 6.67. The Hall–Kier alpha value is -2.40. The maximum absolute atomic E-state index is 11.0. The summed E-state index contributed by atoms with van der Waals surface area (Å²) in [5.74, 6) is 0. The number of nitrogens with one attached hydrogen (secondary N) is 1. The fourth-order valence-corrected chi connectivity index (χ4v) is 1.97. The van der Waals surface area contributed by atoms with Gasteiger partial charge in [0, 0.05) is 17.2 Å². The Morgan fingerprint density at radius 2 is 2.00 bits per heavy atom. The minimum absolute atomic E-state index is 0.0831. The fourth-order valence-electron chi connectivity index (χ4n) is 1.79. The molecule has 0 bridgehead atoms. The van der Waals surface area contributed by atoms with Crippen LogP contribution in [0.1, 0.15) is 18.1 Å². The lowest BCUT2D eigenvalue weighted by Gasteiger charge is -2.06. The van der Waals surface area contributed by atoms with Crippen LogP contribution in [0.3, 0.4) is 0 Å². The van der Waals surface area contributed by atoms with Crippen molar-refractivity contribution in [3.8, 4) is 0 Å². The van der Waals surface area contributed by atoms with Gasteiger partial charge in [-0.2, -0.15) is 5.10 Å². The van der Waals surface area contributed by atoms with Crippen molar-refractivity contribution in [2.24, 2.45) is 5.10 Å². The lowest BCUT2D eigenvalue weighted by molar-refractivity contribution is -0.385. The SMILES string of the molecule is C/C(=N/Nc1ccccc1Cl)c1ccc(C)c([N+](=O)[O-])c1. The van der Waals surface area contributed by atoms with Gasteiger partial charge in [-0.3, -0.25) is 15.5 Å². The Labute approximate surface area is 127 Å². The van der Waals surface area contributed by atoms with Crippen LogP contribution < -0.4 is 5.43 Å². The second-order valence-electron chi connectivity index (χ2n) is 4.55. The number of hydrogen-bond acceptors (Lipinski definition) is 4. The number of anilines is 1. The number of aryl methyl sites for hydroxylation is 1.